The van der Waals surface area contributed by atoms with Gasteiger partial charge in [0.1, 0.15) is 0 Å². The molecule has 2 heterocycles. The van der Waals surface area contributed by atoms with Gasteiger partial charge in [-0.15, -0.1) is 10.2 Å². The molecular weight excluding hydrogens is 188 g/mol. The van der Waals surface area contributed by atoms with E-state index in [-0.39, 0.29) is 23.2 Å². The van der Waals surface area contributed by atoms with Gasteiger partial charge < -0.3 is 16.6 Å². The van der Waals surface area contributed by atoms with Gasteiger partial charge in [-0.05, 0) is 0 Å². The van der Waals surface area contributed by atoms with Crippen molar-refractivity contribution >= 4 is 29.2 Å². The molecule has 2 rings (SSSR count). The Morgan fingerprint density at radius 3 is 2.71 bits per heavy atom. The Morgan fingerprint density at radius 2 is 2.07 bits per heavy atom. The number of hydrogen-bond acceptors (Lipinski definition) is 7. The Hall–Kier alpha value is -2.25. The van der Waals surface area contributed by atoms with E-state index >= 15 is 0 Å². The third kappa shape index (κ3) is 1.04. The van der Waals surface area contributed by atoms with Gasteiger partial charge in [0.15, 0.2) is 29.3 Å². The Labute approximate surface area is 77.7 Å². The van der Waals surface area contributed by atoms with Crippen LogP contribution in [0.5, 0.6) is 0 Å². The second-order valence-corrected chi connectivity index (χ2v) is 2.67. The first-order valence-corrected chi connectivity index (χ1v) is 3.66. The van der Waals surface area contributed by atoms with Gasteiger partial charge in [-0.1, -0.05) is 0 Å². The Kier molecular flexibility index (Phi) is 1.56. The maximum atomic E-state index is 10.6. The summed E-state index contributed by atoms with van der Waals surface area (Å²) in [6, 6.07) is -0.701. The lowest BCUT2D eigenvalue weighted by Crippen LogP contribution is -2.42. The second-order valence-electron chi connectivity index (χ2n) is 2.67. The van der Waals surface area contributed by atoms with Gasteiger partial charge in [-0.2, -0.15) is 0 Å². The number of amidine groups is 3. The number of rotatable bonds is 1. The van der Waals surface area contributed by atoms with Crippen molar-refractivity contribution in [1.82, 2.24) is 0 Å². The summed E-state index contributed by atoms with van der Waals surface area (Å²) < 4.78 is 0. The molecule has 0 fully saturated rings. The Bertz CT molecular complexity index is 432. The van der Waals surface area contributed by atoms with Crippen LogP contribution in [0.2, 0.25) is 0 Å². The van der Waals surface area contributed by atoms with Gasteiger partial charge in [-0.25, -0.2) is 9.79 Å². The molecule has 0 saturated heterocycles. The summed E-state index contributed by atoms with van der Waals surface area (Å²) in [4.78, 5) is 18.2. The van der Waals surface area contributed by atoms with E-state index in [2.05, 4.69) is 20.2 Å². The van der Waals surface area contributed by atoms with Crippen molar-refractivity contribution < 1.29 is 9.90 Å². The summed E-state index contributed by atoms with van der Waals surface area (Å²) in [5.74, 6) is -1.08. The molecule has 14 heavy (non-hydrogen) atoms. The van der Waals surface area contributed by atoms with E-state index in [0.29, 0.717) is 0 Å². The molecule has 1 unspecified atom stereocenters. The minimum Gasteiger partial charge on any atom is -0.476 e. The van der Waals surface area contributed by atoms with E-state index in [9.17, 15) is 4.79 Å². The van der Waals surface area contributed by atoms with Gasteiger partial charge in [0, 0.05) is 0 Å². The third-order valence-corrected chi connectivity index (χ3v) is 1.73. The van der Waals surface area contributed by atoms with Gasteiger partial charge in [-0.3, -0.25) is 4.99 Å². The van der Waals surface area contributed by atoms with Gasteiger partial charge in [0.05, 0.1) is 0 Å². The van der Waals surface area contributed by atoms with E-state index in [1.54, 1.807) is 0 Å². The average Bonchev–Trinajstić information content (AvgIpc) is 2.46. The van der Waals surface area contributed by atoms with Crippen LogP contribution in [0, 0.1) is 0 Å². The van der Waals surface area contributed by atoms with Crippen molar-refractivity contribution in [3.63, 3.8) is 0 Å². The summed E-state index contributed by atoms with van der Waals surface area (Å²) in [7, 11) is 0. The molecule has 5 N–H and O–H groups in total. The van der Waals surface area contributed by atoms with Crippen molar-refractivity contribution in [2.75, 3.05) is 0 Å². The summed E-state index contributed by atoms with van der Waals surface area (Å²) in [5, 5.41) is 15.8. The molecule has 72 valence electrons. The molecule has 2 aliphatic heterocycles. The molecule has 0 aromatic rings. The van der Waals surface area contributed by atoms with Crippen LogP contribution in [0.1, 0.15) is 0 Å². The monoisotopic (exact) mass is 194 g/mol. The van der Waals surface area contributed by atoms with Crippen molar-refractivity contribution in [3.05, 3.63) is 0 Å². The van der Waals surface area contributed by atoms with E-state index in [1.807, 2.05) is 0 Å². The zero-order chi connectivity index (χ0) is 10.3. The number of nitrogens with zero attached hydrogens (tertiary/aromatic N) is 4. The molecule has 0 amide bonds. The van der Waals surface area contributed by atoms with E-state index in [4.69, 9.17) is 16.6 Å². The molecule has 2 aliphatic rings. The summed E-state index contributed by atoms with van der Waals surface area (Å²) in [6.45, 7) is 0. The minimum absolute atomic E-state index is 0.120. The largest absolute Gasteiger partial charge is 0.476 e. The number of carboxylic acids is 1. The Morgan fingerprint density at radius 1 is 1.36 bits per heavy atom. The van der Waals surface area contributed by atoms with Crippen LogP contribution in [0.15, 0.2) is 20.2 Å². The van der Waals surface area contributed by atoms with Crippen LogP contribution >= 0.6 is 0 Å². The van der Waals surface area contributed by atoms with Gasteiger partial charge in [0.25, 0.3) is 0 Å². The molecule has 0 aromatic carbocycles. The molecule has 0 spiro atoms. The molecule has 8 heteroatoms. The normalized spacial score (nSPS) is 24.4. The predicted molar refractivity (Wildman–Crippen MR) is 49.5 cm³/mol. The van der Waals surface area contributed by atoms with Crippen molar-refractivity contribution in [2.24, 2.45) is 31.7 Å². The SMILES string of the molecule is NC1=NC2=NN=C(N)C2N=C1C(=O)O. The van der Waals surface area contributed by atoms with E-state index < -0.39 is 12.0 Å². The Balaban J connectivity index is 2.44. The summed E-state index contributed by atoms with van der Waals surface area (Å²) >= 11 is 0. The number of carboxylic acid groups (broad SMARTS) is 1. The highest BCUT2D eigenvalue weighted by molar-refractivity contribution is 6.66. The lowest BCUT2D eigenvalue weighted by Gasteiger charge is -2.12. The molecule has 0 aromatic heterocycles. The first-order chi connectivity index (χ1) is 6.59. The second kappa shape index (κ2) is 2.62. The molecule has 0 aliphatic carbocycles. The van der Waals surface area contributed by atoms with E-state index in [0.717, 1.165) is 0 Å². The highest BCUT2D eigenvalue weighted by Gasteiger charge is 2.32. The zero-order valence-electron chi connectivity index (χ0n) is 6.88. The number of carbonyl (C=O) groups is 1. The molecule has 0 bridgehead atoms. The maximum absolute atomic E-state index is 10.6. The first-order valence-electron chi connectivity index (χ1n) is 3.66. The predicted octanol–water partition coefficient (Wildman–Crippen LogP) is -2.06. The lowest BCUT2D eigenvalue weighted by atomic mass is 10.2. The number of nitrogens with two attached hydrogens (primary N) is 2. The van der Waals surface area contributed by atoms with E-state index in [1.165, 1.54) is 0 Å². The highest BCUT2D eigenvalue weighted by Crippen LogP contribution is 2.10. The van der Waals surface area contributed by atoms with Crippen molar-refractivity contribution in [1.29, 1.82) is 0 Å². The molecule has 0 radical (unpaired) electrons. The summed E-state index contributed by atoms with van der Waals surface area (Å²) in [5.41, 5.74) is 10.5. The number of aliphatic carboxylic acids is 1. The third-order valence-electron chi connectivity index (χ3n) is 1.73. The number of fused-ring (bicyclic) bond motifs is 1. The van der Waals surface area contributed by atoms with Gasteiger partial charge >= 0.3 is 5.97 Å². The van der Waals surface area contributed by atoms with Crippen LogP contribution in [0.25, 0.3) is 0 Å². The van der Waals surface area contributed by atoms with Crippen LogP contribution in [0.4, 0.5) is 0 Å². The van der Waals surface area contributed by atoms with Crippen LogP contribution < -0.4 is 11.5 Å². The molecule has 0 saturated carbocycles. The summed E-state index contributed by atoms with van der Waals surface area (Å²) in [6.07, 6.45) is 0. The lowest BCUT2D eigenvalue weighted by molar-refractivity contribution is -0.129. The average molecular weight is 194 g/mol. The van der Waals surface area contributed by atoms with Gasteiger partial charge in [0.2, 0.25) is 0 Å². The number of hydrogen-bond donors (Lipinski definition) is 3. The zero-order valence-corrected chi connectivity index (χ0v) is 6.88. The first kappa shape index (κ1) is 8.35. The van der Waals surface area contributed by atoms with Crippen molar-refractivity contribution in [3.8, 4) is 0 Å². The maximum Gasteiger partial charge on any atom is 0.357 e. The highest BCUT2D eigenvalue weighted by atomic mass is 16.4. The number of aliphatic imine (C=N–C) groups is 2. The van der Waals surface area contributed by atoms with Crippen molar-refractivity contribution in [2.45, 2.75) is 6.04 Å². The van der Waals surface area contributed by atoms with Crippen LogP contribution in [0.3, 0.4) is 0 Å². The fourth-order valence-corrected chi connectivity index (χ4v) is 1.09. The quantitative estimate of drug-likeness (QED) is 0.441. The fourth-order valence-electron chi connectivity index (χ4n) is 1.09. The topological polar surface area (TPSA) is 139 Å². The van der Waals surface area contributed by atoms with Crippen LogP contribution in [-0.2, 0) is 4.79 Å². The molecule has 8 nitrogen and oxygen atoms in total. The minimum atomic E-state index is -1.25. The standard InChI is InChI=1S/C6H6N6O2/c7-3-2(6(13)14)9-1-4(8)11-12-5(1)10-3/h1H,(H2,8,11)(H,13,14)(H2,7,10,12). The molecule has 1 atom stereocenters. The fraction of sp³-hybridized carbons (Fsp3) is 0.167. The molecular formula is C6H6N6O2. The van der Waals surface area contributed by atoms with Crippen LogP contribution in [-0.4, -0.2) is 40.3 Å². The smallest absolute Gasteiger partial charge is 0.357 e.